The molecular weight excluding hydrogens is 757 g/mol. The lowest BCUT2D eigenvalue weighted by Crippen LogP contribution is -2.59. The highest BCUT2D eigenvalue weighted by Gasteiger charge is 2.44. The maximum atomic E-state index is 12.8. The van der Waals surface area contributed by atoms with E-state index in [1.54, 1.807) is 0 Å². The number of hydrogen-bond donors (Lipinski definition) is 4. The van der Waals surface area contributed by atoms with Crippen LogP contribution in [0, 0.1) is 0 Å². The minimum atomic E-state index is -1.54. The number of carbonyl (C=O) groups is 1. The summed E-state index contributed by atoms with van der Waals surface area (Å²) in [6, 6.07) is 0. The van der Waals surface area contributed by atoms with Crippen molar-refractivity contribution in [1.29, 1.82) is 0 Å². The number of allylic oxidation sites excluding steroid dienone is 8. The minimum absolute atomic E-state index is 0.126. The molecule has 0 aromatic carbocycles. The van der Waals surface area contributed by atoms with Gasteiger partial charge >= 0.3 is 5.97 Å². The lowest BCUT2D eigenvalue weighted by atomic mass is 9.99. The van der Waals surface area contributed by atoms with Crippen molar-refractivity contribution in [1.82, 2.24) is 0 Å². The molecule has 6 atom stereocenters. The Morgan fingerprint density at radius 3 is 1.55 bits per heavy atom. The molecule has 0 aliphatic carbocycles. The molecule has 1 aliphatic heterocycles. The van der Waals surface area contributed by atoms with Crippen molar-refractivity contribution in [2.75, 3.05) is 26.4 Å². The van der Waals surface area contributed by atoms with Crippen LogP contribution in [0.1, 0.15) is 206 Å². The van der Waals surface area contributed by atoms with Crippen molar-refractivity contribution in [3.05, 3.63) is 48.6 Å². The second-order valence-corrected chi connectivity index (χ2v) is 16.9. The molecule has 9 heteroatoms. The van der Waals surface area contributed by atoms with Crippen molar-refractivity contribution in [2.45, 2.75) is 243 Å². The molecule has 1 saturated heterocycles. The molecule has 0 bridgehead atoms. The summed E-state index contributed by atoms with van der Waals surface area (Å²) in [5, 5.41) is 40.2. The fraction of sp³-hybridized carbons (Fsp3) is 0.824. The molecule has 0 aromatic rings. The average molecular weight is 849 g/mol. The molecule has 0 amide bonds. The monoisotopic (exact) mass is 849 g/mol. The van der Waals surface area contributed by atoms with E-state index in [0.29, 0.717) is 6.61 Å². The first-order valence-electron chi connectivity index (χ1n) is 24.7. The fourth-order valence-corrected chi connectivity index (χ4v) is 7.38. The highest BCUT2D eigenvalue weighted by Crippen LogP contribution is 2.23. The average Bonchev–Trinajstić information content (AvgIpc) is 3.25. The Bertz CT molecular complexity index is 1060. The molecule has 0 spiro atoms. The predicted molar refractivity (Wildman–Crippen MR) is 247 cm³/mol. The zero-order valence-electron chi connectivity index (χ0n) is 38.5. The van der Waals surface area contributed by atoms with E-state index in [4.69, 9.17) is 18.9 Å². The van der Waals surface area contributed by atoms with Crippen LogP contribution in [0.3, 0.4) is 0 Å². The molecule has 0 saturated carbocycles. The Balaban J connectivity index is 2.18. The lowest BCUT2D eigenvalue weighted by Gasteiger charge is -2.39. The maximum Gasteiger partial charge on any atom is 0.306 e. The third-order valence-corrected chi connectivity index (χ3v) is 11.2. The van der Waals surface area contributed by atoms with Crippen LogP contribution >= 0.6 is 0 Å². The molecule has 6 unspecified atom stereocenters. The molecule has 0 radical (unpaired) electrons. The molecular formula is C51H92O9. The Morgan fingerprint density at radius 1 is 0.550 bits per heavy atom. The number of esters is 1. The van der Waals surface area contributed by atoms with Gasteiger partial charge in [0.1, 0.15) is 30.5 Å². The topological polar surface area (TPSA) is 135 Å². The first-order valence-corrected chi connectivity index (χ1v) is 24.7. The predicted octanol–water partition coefficient (Wildman–Crippen LogP) is 11.7. The largest absolute Gasteiger partial charge is 0.457 e. The summed E-state index contributed by atoms with van der Waals surface area (Å²) in [5.41, 5.74) is 0. The van der Waals surface area contributed by atoms with Gasteiger partial charge in [-0.15, -0.1) is 0 Å². The Hall–Kier alpha value is -1.85. The van der Waals surface area contributed by atoms with Crippen molar-refractivity contribution >= 4 is 5.97 Å². The zero-order chi connectivity index (χ0) is 43.6. The van der Waals surface area contributed by atoms with Gasteiger partial charge in [-0.1, -0.05) is 178 Å². The van der Waals surface area contributed by atoms with Crippen LogP contribution in [-0.4, -0.2) is 89.6 Å². The van der Waals surface area contributed by atoms with E-state index in [1.165, 1.54) is 128 Å². The van der Waals surface area contributed by atoms with E-state index in [0.717, 1.165) is 57.8 Å². The Labute approximate surface area is 367 Å². The molecule has 350 valence electrons. The standard InChI is InChI=1S/C51H92O9/c1-3-5-7-9-11-13-15-17-18-19-20-21-22-23-24-25-26-27-29-31-33-35-37-39-41-57-43-45(44-58-51-50(56)49(55)48(54)46(42-52)60-51)59-47(53)40-38-36-34-32-30-28-16-14-12-10-8-6-4-2/h6,8,12,14,19-20,28,30,45-46,48-52,54-56H,3-5,7,9-11,13,15-18,21-27,29,31-44H2,1-2H3/b8-6-,14-12-,20-19-,30-28-. The van der Waals surface area contributed by atoms with E-state index in [2.05, 4.69) is 62.5 Å². The summed E-state index contributed by atoms with van der Waals surface area (Å²) >= 11 is 0. The molecule has 0 aromatic heterocycles. The highest BCUT2D eigenvalue weighted by molar-refractivity contribution is 5.69. The van der Waals surface area contributed by atoms with Gasteiger partial charge in [0.2, 0.25) is 0 Å². The number of aliphatic hydroxyl groups is 4. The van der Waals surface area contributed by atoms with E-state index in [1.807, 2.05) is 0 Å². The SMILES string of the molecule is CC/C=C\C/C=C\C/C=C\CCCCCC(=O)OC(COCCCCCCCCCCCCCC/C=C\CCCCCCCCCC)COC1OC(CO)C(O)C(O)C1O. The van der Waals surface area contributed by atoms with Crippen LogP contribution in [0.5, 0.6) is 0 Å². The summed E-state index contributed by atoms with van der Waals surface area (Å²) < 4.78 is 22.8. The van der Waals surface area contributed by atoms with Crippen LogP contribution in [0.4, 0.5) is 0 Å². The van der Waals surface area contributed by atoms with Crippen LogP contribution in [0.2, 0.25) is 0 Å². The highest BCUT2D eigenvalue weighted by atomic mass is 16.7. The molecule has 1 fully saturated rings. The summed E-state index contributed by atoms with van der Waals surface area (Å²) in [6.07, 6.45) is 45.9. The fourth-order valence-electron chi connectivity index (χ4n) is 7.38. The van der Waals surface area contributed by atoms with Gasteiger partial charge in [-0.05, 0) is 70.6 Å². The second kappa shape index (κ2) is 42.5. The van der Waals surface area contributed by atoms with Crippen molar-refractivity contribution < 1.29 is 44.2 Å². The van der Waals surface area contributed by atoms with Crippen LogP contribution in [0.25, 0.3) is 0 Å². The molecule has 1 heterocycles. The van der Waals surface area contributed by atoms with Crippen LogP contribution in [0.15, 0.2) is 48.6 Å². The molecule has 9 nitrogen and oxygen atoms in total. The van der Waals surface area contributed by atoms with Gasteiger partial charge in [0.15, 0.2) is 6.29 Å². The van der Waals surface area contributed by atoms with E-state index < -0.39 is 43.4 Å². The van der Waals surface area contributed by atoms with Gasteiger partial charge < -0.3 is 39.4 Å². The van der Waals surface area contributed by atoms with Crippen LogP contribution in [-0.2, 0) is 23.7 Å². The van der Waals surface area contributed by atoms with Gasteiger partial charge in [-0.25, -0.2) is 0 Å². The number of carbonyl (C=O) groups excluding carboxylic acids is 1. The van der Waals surface area contributed by atoms with E-state index in [-0.39, 0.29) is 25.6 Å². The third-order valence-electron chi connectivity index (χ3n) is 11.2. The summed E-state index contributed by atoms with van der Waals surface area (Å²) in [4.78, 5) is 12.8. The van der Waals surface area contributed by atoms with Gasteiger partial charge in [-0.2, -0.15) is 0 Å². The first-order chi connectivity index (χ1) is 29.4. The van der Waals surface area contributed by atoms with Crippen LogP contribution < -0.4 is 0 Å². The van der Waals surface area contributed by atoms with Crippen molar-refractivity contribution in [3.8, 4) is 0 Å². The Kier molecular flexibility index (Phi) is 39.7. The third kappa shape index (κ3) is 32.8. The summed E-state index contributed by atoms with van der Waals surface area (Å²) in [6.45, 7) is 4.42. The normalized spacial score (nSPS) is 20.4. The molecule has 1 rings (SSSR count). The molecule has 60 heavy (non-hydrogen) atoms. The minimum Gasteiger partial charge on any atom is -0.457 e. The first kappa shape index (κ1) is 56.2. The van der Waals surface area contributed by atoms with Crippen molar-refractivity contribution in [2.24, 2.45) is 0 Å². The number of unbranched alkanes of at least 4 members (excludes halogenated alkanes) is 23. The quantitative estimate of drug-likeness (QED) is 0.0269. The summed E-state index contributed by atoms with van der Waals surface area (Å²) in [5.74, 6) is -0.342. The van der Waals surface area contributed by atoms with Gasteiger partial charge in [0.25, 0.3) is 0 Å². The number of rotatable bonds is 42. The maximum absolute atomic E-state index is 12.8. The van der Waals surface area contributed by atoms with Gasteiger partial charge in [0, 0.05) is 13.0 Å². The van der Waals surface area contributed by atoms with E-state index in [9.17, 15) is 25.2 Å². The number of aliphatic hydroxyl groups excluding tert-OH is 4. The number of hydrogen-bond acceptors (Lipinski definition) is 9. The lowest BCUT2D eigenvalue weighted by molar-refractivity contribution is -0.305. The zero-order valence-corrected chi connectivity index (χ0v) is 38.5. The smallest absolute Gasteiger partial charge is 0.306 e. The second-order valence-electron chi connectivity index (χ2n) is 16.9. The molecule has 1 aliphatic rings. The molecule has 4 N–H and O–H groups in total. The van der Waals surface area contributed by atoms with E-state index >= 15 is 0 Å². The van der Waals surface area contributed by atoms with Gasteiger partial charge in [-0.3, -0.25) is 4.79 Å². The van der Waals surface area contributed by atoms with Gasteiger partial charge in [0.05, 0.1) is 19.8 Å². The number of ether oxygens (including phenoxy) is 4. The summed E-state index contributed by atoms with van der Waals surface area (Å²) in [7, 11) is 0. The Morgan fingerprint density at radius 2 is 1.02 bits per heavy atom. The van der Waals surface area contributed by atoms with Crippen molar-refractivity contribution in [3.63, 3.8) is 0 Å².